The highest BCUT2D eigenvalue weighted by atomic mass is 35.5. The molecule has 1 aliphatic rings. The predicted octanol–water partition coefficient (Wildman–Crippen LogP) is 0.797. The van der Waals surface area contributed by atoms with Gasteiger partial charge in [-0.15, -0.1) is 12.4 Å². The molecular weight excluding hydrogens is 316 g/mol. The van der Waals surface area contributed by atoms with Gasteiger partial charge in [0, 0.05) is 26.2 Å². The molecule has 0 bridgehead atoms. The van der Waals surface area contributed by atoms with Crippen LogP contribution in [0.15, 0.2) is 23.1 Å². The summed E-state index contributed by atoms with van der Waals surface area (Å²) >= 11 is 0. The molecule has 1 N–H and O–H groups in total. The van der Waals surface area contributed by atoms with Crippen LogP contribution in [0, 0.1) is 6.92 Å². The third-order valence-corrected chi connectivity index (χ3v) is 5.43. The maximum absolute atomic E-state index is 12.6. The number of hydrogen-bond acceptors (Lipinski definition) is 5. The predicted molar refractivity (Wildman–Crippen MR) is 81.4 cm³/mol. The third-order valence-electron chi connectivity index (χ3n) is 3.38. The summed E-state index contributed by atoms with van der Waals surface area (Å²) in [5, 5.41) is 3.11. The van der Waals surface area contributed by atoms with Gasteiger partial charge in [0.05, 0.1) is 17.6 Å². The number of esters is 1. The lowest BCUT2D eigenvalue weighted by molar-refractivity contribution is 0.0599. The molecule has 0 unspecified atom stereocenters. The maximum atomic E-state index is 12.6. The zero-order valence-corrected chi connectivity index (χ0v) is 13.6. The van der Waals surface area contributed by atoms with Crippen molar-refractivity contribution in [1.29, 1.82) is 0 Å². The molecule has 6 nitrogen and oxygen atoms in total. The van der Waals surface area contributed by atoms with Gasteiger partial charge in [0.1, 0.15) is 0 Å². The molecule has 1 heterocycles. The summed E-state index contributed by atoms with van der Waals surface area (Å²) in [6, 6.07) is 4.66. The Balaban J connectivity index is 0.00000220. The van der Waals surface area contributed by atoms with Gasteiger partial charge in [0.25, 0.3) is 0 Å². The highest BCUT2D eigenvalue weighted by molar-refractivity contribution is 7.89. The Bertz CT molecular complexity index is 613. The molecule has 1 fully saturated rings. The van der Waals surface area contributed by atoms with Crippen molar-refractivity contribution in [1.82, 2.24) is 9.62 Å². The summed E-state index contributed by atoms with van der Waals surface area (Å²) in [7, 11) is -2.29. The highest BCUT2D eigenvalue weighted by Crippen LogP contribution is 2.23. The Kier molecular flexibility index (Phi) is 6.15. The van der Waals surface area contributed by atoms with Gasteiger partial charge in [0.15, 0.2) is 0 Å². The van der Waals surface area contributed by atoms with Crippen LogP contribution in [-0.2, 0) is 14.8 Å². The van der Waals surface area contributed by atoms with Crippen molar-refractivity contribution in [3.8, 4) is 0 Å². The van der Waals surface area contributed by atoms with Crippen molar-refractivity contribution in [3.63, 3.8) is 0 Å². The van der Waals surface area contributed by atoms with Crippen LogP contribution in [0.4, 0.5) is 0 Å². The summed E-state index contributed by atoms with van der Waals surface area (Å²) in [6.07, 6.45) is 0. The van der Waals surface area contributed by atoms with Gasteiger partial charge in [-0.2, -0.15) is 4.31 Å². The Morgan fingerprint density at radius 1 is 1.29 bits per heavy atom. The van der Waals surface area contributed by atoms with E-state index < -0.39 is 16.0 Å². The van der Waals surface area contributed by atoms with E-state index in [2.05, 4.69) is 10.1 Å². The molecule has 1 aliphatic heterocycles. The summed E-state index contributed by atoms with van der Waals surface area (Å²) in [5.74, 6) is -0.528. The van der Waals surface area contributed by atoms with E-state index in [9.17, 15) is 13.2 Å². The average molecular weight is 335 g/mol. The van der Waals surface area contributed by atoms with Crippen molar-refractivity contribution in [3.05, 3.63) is 29.3 Å². The number of piperazine rings is 1. The molecule has 2 rings (SSSR count). The maximum Gasteiger partial charge on any atom is 0.338 e. The average Bonchev–Trinajstić information content (AvgIpc) is 2.47. The monoisotopic (exact) mass is 334 g/mol. The Morgan fingerprint density at radius 2 is 1.90 bits per heavy atom. The first-order valence-corrected chi connectivity index (χ1v) is 7.81. The van der Waals surface area contributed by atoms with Gasteiger partial charge in [-0.25, -0.2) is 13.2 Å². The van der Waals surface area contributed by atoms with E-state index in [-0.39, 0.29) is 22.9 Å². The zero-order chi connectivity index (χ0) is 14.8. The van der Waals surface area contributed by atoms with E-state index in [1.807, 2.05) is 0 Å². The van der Waals surface area contributed by atoms with Crippen molar-refractivity contribution in [2.24, 2.45) is 0 Å². The fourth-order valence-corrected chi connectivity index (χ4v) is 3.94. The van der Waals surface area contributed by atoms with Crippen molar-refractivity contribution in [2.45, 2.75) is 11.8 Å². The summed E-state index contributed by atoms with van der Waals surface area (Å²) in [5.41, 5.74) is 0.710. The molecule has 1 aromatic rings. The van der Waals surface area contributed by atoms with E-state index in [0.29, 0.717) is 31.7 Å². The summed E-state index contributed by atoms with van der Waals surface area (Å²) < 4.78 is 31.3. The normalized spacial score (nSPS) is 16.1. The van der Waals surface area contributed by atoms with Crippen molar-refractivity contribution >= 4 is 28.4 Å². The minimum atomic E-state index is -3.57. The van der Waals surface area contributed by atoms with Crippen LogP contribution < -0.4 is 5.32 Å². The van der Waals surface area contributed by atoms with Crippen LogP contribution in [0.25, 0.3) is 0 Å². The lowest BCUT2D eigenvalue weighted by Crippen LogP contribution is -2.46. The van der Waals surface area contributed by atoms with E-state index in [1.165, 1.54) is 17.5 Å². The molecule has 1 aromatic carbocycles. The Labute approximate surface area is 130 Å². The molecule has 0 spiro atoms. The Morgan fingerprint density at radius 3 is 2.48 bits per heavy atom. The first kappa shape index (κ1) is 17.9. The number of carbonyl (C=O) groups excluding carboxylic acids is 1. The van der Waals surface area contributed by atoms with Gasteiger partial charge in [-0.1, -0.05) is 6.07 Å². The summed E-state index contributed by atoms with van der Waals surface area (Å²) in [6.45, 7) is 3.76. The number of carbonyl (C=O) groups is 1. The molecule has 0 saturated carbocycles. The fraction of sp³-hybridized carbons (Fsp3) is 0.462. The fourth-order valence-electron chi connectivity index (χ4n) is 2.25. The number of rotatable bonds is 3. The largest absolute Gasteiger partial charge is 0.465 e. The number of benzene rings is 1. The van der Waals surface area contributed by atoms with E-state index in [4.69, 9.17) is 0 Å². The van der Waals surface area contributed by atoms with Crippen molar-refractivity contribution in [2.75, 3.05) is 33.3 Å². The van der Waals surface area contributed by atoms with Gasteiger partial charge in [0.2, 0.25) is 10.0 Å². The van der Waals surface area contributed by atoms with Gasteiger partial charge < -0.3 is 10.1 Å². The number of methoxy groups -OCH3 is 1. The van der Waals surface area contributed by atoms with Crippen LogP contribution in [0.3, 0.4) is 0 Å². The van der Waals surface area contributed by atoms with Crippen molar-refractivity contribution < 1.29 is 17.9 Å². The topological polar surface area (TPSA) is 75.7 Å². The SMILES string of the molecule is COC(=O)c1cccc(S(=O)(=O)N2CCNCC2)c1C.Cl. The first-order chi connectivity index (χ1) is 9.48. The van der Waals surface area contributed by atoms with E-state index in [0.717, 1.165) is 0 Å². The number of sulfonamides is 1. The third kappa shape index (κ3) is 3.55. The molecule has 8 heteroatoms. The lowest BCUT2D eigenvalue weighted by Gasteiger charge is -2.27. The number of halogens is 1. The molecular formula is C13H19ClN2O4S. The van der Waals surface area contributed by atoms with Crippen LogP contribution in [-0.4, -0.2) is 52.0 Å². The van der Waals surface area contributed by atoms with Crippen LogP contribution in [0.1, 0.15) is 15.9 Å². The lowest BCUT2D eigenvalue weighted by atomic mass is 10.1. The highest BCUT2D eigenvalue weighted by Gasteiger charge is 2.28. The van der Waals surface area contributed by atoms with Crippen LogP contribution in [0.5, 0.6) is 0 Å². The molecule has 0 radical (unpaired) electrons. The smallest absolute Gasteiger partial charge is 0.338 e. The second kappa shape index (κ2) is 7.22. The quantitative estimate of drug-likeness (QED) is 0.827. The molecule has 0 atom stereocenters. The molecule has 21 heavy (non-hydrogen) atoms. The van der Waals surface area contributed by atoms with Gasteiger partial charge >= 0.3 is 5.97 Å². The Hall–Kier alpha value is -1.15. The van der Waals surface area contributed by atoms with Gasteiger partial charge in [-0.05, 0) is 24.6 Å². The second-order valence-electron chi connectivity index (χ2n) is 4.57. The zero-order valence-electron chi connectivity index (χ0n) is 12.0. The molecule has 1 saturated heterocycles. The number of nitrogens with zero attached hydrogens (tertiary/aromatic N) is 1. The molecule has 118 valence electrons. The molecule has 0 amide bonds. The number of hydrogen-bond donors (Lipinski definition) is 1. The molecule has 0 aromatic heterocycles. The first-order valence-electron chi connectivity index (χ1n) is 6.37. The minimum absolute atomic E-state index is 0. The minimum Gasteiger partial charge on any atom is -0.465 e. The second-order valence-corrected chi connectivity index (χ2v) is 6.48. The van der Waals surface area contributed by atoms with E-state index in [1.54, 1.807) is 19.1 Å². The number of nitrogens with one attached hydrogen (secondary N) is 1. The van der Waals surface area contributed by atoms with Crippen LogP contribution in [0.2, 0.25) is 0 Å². The van der Waals surface area contributed by atoms with Crippen LogP contribution >= 0.6 is 12.4 Å². The van der Waals surface area contributed by atoms with E-state index >= 15 is 0 Å². The molecule has 0 aliphatic carbocycles. The van der Waals surface area contributed by atoms with Gasteiger partial charge in [-0.3, -0.25) is 0 Å². The summed E-state index contributed by atoms with van der Waals surface area (Å²) in [4.78, 5) is 11.8. The standard InChI is InChI=1S/C13H18N2O4S.ClH/c1-10-11(13(16)19-2)4-3-5-12(10)20(17,18)15-8-6-14-7-9-15;/h3-5,14H,6-9H2,1-2H3;1H. The number of ether oxygens (including phenoxy) is 1.